The Balaban J connectivity index is 1.70. The third-order valence-electron chi connectivity index (χ3n) is 5.36. The SMILES string of the molecule is CCCCc1ncc(-c2nccn2-c2c(C)nn(C3CCS(=O)(=O)C3)c2C)[nH]1. The van der Waals surface area contributed by atoms with Gasteiger partial charge >= 0.3 is 0 Å². The van der Waals surface area contributed by atoms with E-state index in [1.54, 1.807) is 6.20 Å². The van der Waals surface area contributed by atoms with Gasteiger partial charge in [0.1, 0.15) is 11.5 Å². The molecule has 1 fully saturated rings. The first-order chi connectivity index (χ1) is 13.4. The fourth-order valence-electron chi connectivity index (χ4n) is 3.96. The molecule has 1 unspecified atom stereocenters. The molecular weight excluding hydrogens is 376 g/mol. The molecule has 1 N–H and O–H groups in total. The van der Waals surface area contributed by atoms with E-state index in [0.717, 1.165) is 53.7 Å². The van der Waals surface area contributed by atoms with Crippen molar-refractivity contribution >= 4 is 9.84 Å². The van der Waals surface area contributed by atoms with Crippen LogP contribution >= 0.6 is 0 Å². The van der Waals surface area contributed by atoms with Gasteiger partial charge in [0, 0.05) is 18.8 Å². The zero-order chi connectivity index (χ0) is 19.9. The van der Waals surface area contributed by atoms with Crippen LogP contribution in [0.2, 0.25) is 0 Å². The molecule has 1 saturated heterocycles. The van der Waals surface area contributed by atoms with Crippen molar-refractivity contribution in [3.63, 3.8) is 0 Å². The number of hydrogen-bond donors (Lipinski definition) is 1. The van der Waals surface area contributed by atoms with E-state index in [9.17, 15) is 8.42 Å². The normalized spacial score (nSPS) is 18.8. The van der Waals surface area contributed by atoms with Gasteiger partial charge in [0.15, 0.2) is 15.7 Å². The van der Waals surface area contributed by atoms with Crippen LogP contribution in [0.5, 0.6) is 0 Å². The molecule has 3 aromatic rings. The highest BCUT2D eigenvalue weighted by molar-refractivity contribution is 7.91. The second-order valence-corrected chi connectivity index (χ2v) is 9.72. The van der Waals surface area contributed by atoms with E-state index >= 15 is 0 Å². The van der Waals surface area contributed by atoms with Crippen LogP contribution in [0.1, 0.15) is 49.4 Å². The molecule has 0 aliphatic carbocycles. The Bertz CT molecular complexity index is 1090. The summed E-state index contributed by atoms with van der Waals surface area (Å²) in [7, 11) is -2.97. The lowest BCUT2D eigenvalue weighted by atomic mass is 10.2. The molecule has 4 heterocycles. The van der Waals surface area contributed by atoms with Crippen molar-refractivity contribution in [3.05, 3.63) is 35.8 Å². The summed E-state index contributed by atoms with van der Waals surface area (Å²) in [5, 5.41) is 4.67. The van der Waals surface area contributed by atoms with Crippen molar-refractivity contribution in [3.8, 4) is 17.2 Å². The van der Waals surface area contributed by atoms with Crippen molar-refractivity contribution in [1.82, 2.24) is 29.3 Å². The summed E-state index contributed by atoms with van der Waals surface area (Å²) in [5.41, 5.74) is 3.61. The van der Waals surface area contributed by atoms with E-state index < -0.39 is 9.84 Å². The van der Waals surface area contributed by atoms with Crippen LogP contribution in [0.4, 0.5) is 0 Å². The molecule has 28 heavy (non-hydrogen) atoms. The first-order valence-corrected chi connectivity index (χ1v) is 11.6. The van der Waals surface area contributed by atoms with Crippen LogP contribution in [0.3, 0.4) is 0 Å². The van der Waals surface area contributed by atoms with Gasteiger partial charge in [-0.3, -0.25) is 9.25 Å². The van der Waals surface area contributed by atoms with Gasteiger partial charge in [0.05, 0.1) is 40.8 Å². The topological polar surface area (TPSA) is 98.5 Å². The van der Waals surface area contributed by atoms with E-state index in [2.05, 4.69) is 27.0 Å². The molecule has 0 bridgehead atoms. The zero-order valence-corrected chi connectivity index (χ0v) is 17.3. The van der Waals surface area contributed by atoms with E-state index in [4.69, 9.17) is 0 Å². The van der Waals surface area contributed by atoms with Gasteiger partial charge < -0.3 is 4.98 Å². The van der Waals surface area contributed by atoms with Crippen molar-refractivity contribution < 1.29 is 8.42 Å². The fraction of sp³-hybridized carbons (Fsp3) is 0.526. The number of sulfone groups is 1. The predicted molar refractivity (Wildman–Crippen MR) is 107 cm³/mol. The zero-order valence-electron chi connectivity index (χ0n) is 16.5. The van der Waals surface area contributed by atoms with Gasteiger partial charge in [0.25, 0.3) is 0 Å². The maximum Gasteiger partial charge on any atom is 0.162 e. The summed E-state index contributed by atoms with van der Waals surface area (Å²) in [6.07, 6.45) is 9.25. The number of unbranched alkanes of at least 4 members (excludes halogenated alkanes) is 1. The number of rotatable bonds is 6. The molecule has 3 aromatic heterocycles. The minimum absolute atomic E-state index is 0.0998. The van der Waals surface area contributed by atoms with Crippen molar-refractivity contribution in [2.45, 2.75) is 52.5 Å². The molecule has 0 amide bonds. The quantitative estimate of drug-likeness (QED) is 0.684. The van der Waals surface area contributed by atoms with Gasteiger partial charge in [-0.15, -0.1) is 0 Å². The van der Waals surface area contributed by atoms with Crippen LogP contribution < -0.4 is 0 Å². The number of imidazole rings is 2. The molecule has 0 saturated carbocycles. The molecule has 4 rings (SSSR count). The van der Waals surface area contributed by atoms with Crippen molar-refractivity contribution in [2.75, 3.05) is 11.5 Å². The summed E-state index contributed by atoms with van der Waals surface area (Å²) in [6, 6.07) is -0.0998. The van der Waals surface area contributed by atoms with Gasteiger partial charge in [-0.05, 0) is 26.7 Å². The summed E-state index contributed by atoms with van der Waals surface area (Å²) >= 11 is 0. The van der Waals surface area contributed by atoms with Crippen LogP contribution in [-0.4, -0.2) is 49.2 Å². The van der Waals surface area contributed by atoms with Crippen LogP contribution in [0, 0.1) is 13.8 Å². The molecule has 150 valence electrons. The first kappa shape index (κ1) is 18.9. The maximum atomic E-state index is 11.9. The summed E-state index contributed by atoms with van der Waals surface area (Å²) < 4.78 is 27.7. The predicted octanol–water partition coefficient (Wildman–Crippen LogP) is 2.78. The number of nitrogens with one attached hydrogen (secondary N) is 1. The first-order valence-electron chi connectivity index (χ1n) is 9.73. The highest BCUT2D eigenvalue weighted by Gasteiger charge is 2.32. The third-order valence-corrected chi connectivity index (χ3v) is 7.11. The van der Waals surface area contributed by atoms with E-state index in [-0.39, 0.29) is 17.5 Å². The Morgan fingerprint density at radius 3 is 2.82 bits per heavy atom. The maximum absolute atomic E-state index is 11.9. The van der Waals surface area contributed by atoms with Crippen molar-refractivity contribution in [1.29, 1.82) is 0 Å². The Kier molecular flexibility index (Phi) is 4.86. The van der Waals surface area contributed by atoms with Gasteiger partial charge in [-0.25, -0.2) is 18.4 Å². The lowest BCUT2D eigenvalue weighted by Crippen LogP contribution is -2.14. The average molecular weight is 403 g/mol. The third kappa shape index (κ3) is 3.39. The minimum atomic E-state index is -2.97. The molecule has 8 nitrogen and oxygen atoms in total. The molecule has 1 aliphatic heterocycles. The number of aromatic amines is 1. The van der Waals surface area contributed by atoms with Gasteiger partial charge in [0.2, 0.25) is 0 Å². The van der Waals surface area contributed by atoms with E-state index in [1.165, 1.54) is 0 Å². The summed E-state index contributed by atoms with van der Waals surface area (Å²) in [5.74, 6) is 2.13. The van der Waals surface area contributed by atoms with E-state index in [1.807, 2.05) is 35.5 Å². The number of aromatic nitrogens is 6. The molecule has 1 atom stereocenters. The molecule has 0 radical (unpaired) electrons. The van der Waals surface area contributed by atoms with Gasteiger partial charge in [-0.1, -0.05) is 13.3 Å². The number of aryl methyl sites for hydroxylation is 2. The van der Waals surface area contributed by atoms with Crippen LogP contribution in [-0.2, 0) is 16.3 Å². The lowest BCUT2D eigenvalue weighted by molar-refractivity contribution is 0.485. The standard InChI is InChI=1S/C19H26N6O2S/c1-4-5-6-17-21-11-16(22-17)19-20-8-9-24(19)18-13(2)23-25(14(18)3)15-7-10-28(26,27)12-15/h8-9,11,15H,4-7,10,12H2,1-3H3,(H,21,22). The molecule has 1 aliphatic rings. The second-order valence-electron chi connectivity index (χ2n) is 7.49. The molecule has 0 spiro atoms. The average Bonchev–Trinajstić information content (AvgIpc) is 3.40. The smallest absolute Gasteiger partial charge is 0.162 e. The minimum Gasteiger partial charge on any atom is -0.339 e. The monoisotopic (exact) mass is 402 g/mol. The van der Waals surface area contributed by atoms with Crippen LogP contribution in [0.15, 0.2) is 18.6 Å². The van der Waals surface area contributed by atoms with Crippen LogP contribution in [0.25, 0.3) is 17.2 Å². The fourth-order valence-corrected chi connectivity index (χ4v) is 5.65. The number of nitrogens with zero attached hydrogens (tertiary/aromatic N) is 5. The Morgan fingerprint density at radius 1 is 1.29 bits per heavy atom. The Morgan fingerprint density at radius 2 is 2.11 bits per heavy atom. The molecular formula is C19H26N6O2S. The van der Waals surface area contributed by atoms with Crippen molar-refractivity contribution in [2.24, 2.45) is 0 Å². The highest BCUT2D eigenvalue weighted by atomic mass is 32.2. The Labute approximate surface area is 164 Å². The number of H-pyrrole nitrogens is 1. The lowest BCUT2D eigenvalue weighted by Gasteiger charge is -2.12. The molecule has 9 heteroatoms. The second kappa shape index (κ2) is 7.20. The number of hydrogen-bond acceptors (Lipinski definition) is 5. The summed E-state index contributed by atoms with van der Waals surface area (Å²) in [4.78, 5) is 12.4. The molecule has 0 aromatic carbocycles. The highest BCUT2D eigenvalue weighted by Crippen LogP contribution is 2.30. The Hall–Kier alpha value is -2.42. The van der Waals surface area contributed by atoms with Gasteiger partial charge in [-0.2, -0.15) is 5.10 Å². The van der Waals surface area contributed by atoms with E-state index in [0.29, 0.717) is 6.42 Å². The summed E-state index contributed by atoms with van der Waals surface area (Å²) in [6.45, 7) is 6.10. The largest absolute Gasteiger partial charge is 0.339 e.